The van der Waals surface area contributed by atoms with Crippen LogP contribution in [0.2, 0.25) is 0 Å². The number of aliphatic hydroxyl groups is 3. The van der Waals surface area contributed by atoms with Gasteiger partial charge in [0.25, 0.3) is 0 Å². The highest BCUT2D eigenvalue weighted by molar-refractivity contribution is 5.82. The van der Waals surface area contributed by atoms with Gasteiger partial charge in [-0.25, -0.2) is 0 Å². The van der Waals surface area contributed by atoms with E-state index in [-0.39, 0.29) is 35.7 Å². The molecule has 0 radical (unpaired) electrons. The molecule has 4 heteroatoms. The number of rotatable bonds is 3. The Labute approximate surface area is 143 Å². The van der Waals surface area contributed by atoms with Crippen molar-refractivity contribution >= 4 is 5.78 Å². The predicted molar refractivity (Wildman–Crippen MR) is 91.7 cm³/mol. The predicted octanol–water partition coefficient (Wildman–Crippen LogP) is 2.07. The van der Waals surface area contributed by atoms with E-state index in [0.717, 1.165) is 24.0 Å². The second kappa shape index (κ2) is 5.65. The maximum Gasteiger partial charge on any atom is 0.134 e. The van der Waals surface area contributed by atoms with Crippen LogP contribution in [0.15, 0.2) is 18.2 Å². The van der Waals surface area contributed by atoms with Gasteiger partial charge in [0.1, 0.15) is 11.4 Å². The first kappa shape index (κ1) is 17.6. The Morgan fingerprint density at radius 1 is 1.25 bits per heavy atom. The van der Waals surface area contributed by atoms with E-state index in [9.17, 15) is 20.1 Å². The lowest BCUT2D eigenvalue weighted by Gasteiger charge is -2.54. The van der Waals surface area contributed by atoms with Crippen LogP contribution in [-0.4, -0.2) is 34.3 Å². The second-order valence-corrected chi connectivity index (χ2v) is 8.52. The molecule has 1 unspecified atom stereocenters. The van der Waals surface area contributed by atoms with Crippen LogP contribution in [0.3, 0.4) is 0 Å². The number of carbonyl (C=O) groups excluding carboxylic acids is 1. The van der Waals surface area contributed by atoms with Crippen molar-refractivity contribution in [2.75, 3.05) is 13.2 Å². The Kier molecular flexibility index (Phi) is 4.14. The standard InChI is InChI=1S/C20H28O4/c1-18(11-21)9-15(23)10-19(2)16-6-5-14(20(3,24)12-22)8-13(16)4-7-17(18)19/h5-6,8,17,21-22,24H,4,7,9-12H2,1-3H3/t17-,18-,19+,20?/m0/s1. The molecule has 4 atom stereocenters. The SMILES string of the molecule is CC(O)(CO)c1ccc2c(c1)CC[C@H]1[C@](C)(CO)CC(=O)C[C@]21C. The zero-order chi connectivity index (χ0) is 17.8. The van der Waals surface area contributed by atoms with Crippen molar-refractivity contribution in [1.82, 2.24) is 0 Å². The molecule has 1 aromatic carbocycles. The molecule has 4 nitrogen and oxygen atoms in total. The third-order valence-corrected chi connectivity index (χ3v) is 6.49. The maximum absolute atomic E-state index is 12.4. The molecular weight excluding hydrogens is 304 g/mol. The van der Waals surface area contributed by atoms with Crippen LogP contribution in [-0.2, 0) is 22.2 Å². The lowest BCUT2D eigenvalue weighted by molar-refractivity contribution is -0.132. The number of aryl methyl sites for hydroxylation is 1. The quantitative estimate of drug-likeness (QED) is 0.792. The summed E-state index contributed by atoms with van der Waals surface area (Å²) in [6, 6.07) is 5.85. The van der Waals surface area contributed by atoms with Crippen LogP contribution in [0.1, 0.15) is 56.7 Å². The molecule has 0 bridgehead atoms. The molecule has 2 aliphatic rings. The second-order valence-electron chi connectivity index (χ2n) is 8.52. The molecule has 0 amide bonds. The minimum Gasteiger partial charge on any atom is -0.396 e. The molecule has 0 aliphatic heterocycles. The molecule has 2 aliphatic carbocycles. The van der Waals surface area contributed by atoms with E-state index in [1.54, 1.807) is 6.92 Å². The molecule has 1 saturated carbocycles. The highest BCUT2D eigenvalue weighted by Crippen LogP contribution is 2.56. The molecule has 0 saturated heterocycles. The molecule has 3 N–H and O–H groups in total. The highest BCUT2D eigenvalue weighted by atomic mass is 16.3. The van der Waals surface area contributed by atoms with Crippen LogP contribution in [0.25, 0.3) is 0 Å². The monoisotopic (exact) mass is 332 g/mol. The average molecular weight is 332 g/mol. The number of ketones is 1. The largest absolute Gasteiger partial charge is 0.396 e. The smallest absolute Gasteiger partial charge is 0.134 e. The average Bonchev–Trinajstić information content (AvgIpc) is 2.53. The first-order valence-corrected chi connectivity index (χ1v) is 8.76. The number of carbonyl (C=O) groups is 1. The summed E-state index contributed by atoms with van der Waals surface area (Å²) in [5, 5.41) is 29.7. The molecule has 0 aromatic heterocycles. The summed E-state index contributed by atoms with van der Waals surface area (Å²) in [6.07, 6.45) is 2.76. The lowest BCUT2D eigenvalue weighted by Crippen LogP contribution is -2.53. The Morgan fingerprint density at radius 3 is 2.58 bits per heavy atom. The number of benzene rings is 1. The number of hydrogen-bond acceptors (Lipinski definition) is 4. The normalized spacial score (nSPS) is 35.1. The minimum absolute atomic E-state index is 0.0334. The summed E-state index contributed by atoms with van der Waals surface area (Å²) in [7, 11) is 0. The number of aliphatic hydroxyl groups excluding tert-OH is 2. The fourth-order valence-corrected chi connectivity index (χ4v) is 5.14. The maximum atomic E-state index is 12.4. The molecule has 132 valence electrons. The number of hydrogen-bond donors (Lipinski definition) is 3. The van der Waals surface area contributed by atoms with Gasteiger partial charge in [-0.2, -0.15) is 0 Å². The van der Waals surface area contributed by atoms with E-state index in [4.69, 9.17) is 0 Å². The van der Waals surface area contributed by atoms with Crippen molar-refractivity contribution in [2.45, 2.75) is 57.5 Å². The molecule has 24 heavy (non-hydrogen) atoms. The summed E-state index contributed by atoms with van der Waals surface area (Å²) in [5.74, 6) is 0.481. The molecule has 0 spiro atoms. The molecule has 1 aromatic rings. The third-order valence-electron chi connectivity index (χ3n) is 6.49. The fourth-order valence-electron chi connectivity index (χ4n) is 5.14. The van der Waals surface area contributed by atoms with Crippen molar-refractivity contribution in [3.8, 4) is 0 Å². The van der Waals surface area contributed by atoms with Crippen LogP contribution < -0.4 is 0 Å². The Hall–Kier alpha value is -1.23. The van der Waals surface area contributed by atoms with Crippen molar-refractivity contribution < 1.29 is 20.1 Å². The summed E-state index contributed by atoms with van der Waals surface area (Å²) in [6.45, 7) is 5.49. The van der Waals surface area contributed by atoms with Crippen LogP contribution in [0.4, 0.5) is 0 Å². The van der Waals surface area contributed by atoms with E-state index in [1.807, 2.05) is 25.1 Å². The van der Waals surface area contributed by atoms with Crippen molar-refractivity contribution in [3.63, 3.8) is 0 Å². The Morgan fingerprint density at radius 2 is 1.96 bits per heavy atom. The van der Waals surface area contributed by atoms with Gasteiger partial charge < -0.3 is 15.3 Å². The first-order chi connectivity index (χ1) is 11.2. The third kappa shape index (κ3) is 2.52. The summed E-state index contributed by atoms with van der Waals surface area (Å²) < 4.78 is 0. The molecular formula is C20H28O4. The molecule has 0 heterocycles. The van der Waals surface area contributed by atoms with Gasteiger partial charge in [-0.3, -0.25) is 4.79 Å². The zero-order valence-electron chi connectivity index (χ0n) is 14.8. The van der Waals surface area contributed by atoms with Gasteiger partial charge in [0.05, 0.1) is 6.61 Å². The summed E-state index contributed by atoms with van der Waals surface area (Å²) in [4.78, 5) is 12.4. The topological polar surface area (TPSA) is 77.8 Å². The highest BCUT2D eigenvalue weighted by Gasteiger charge is 2.54. The molecule has 1 fully saturated rings. The minimum atomic E-state index is -1.26. The van der Waals surface area contributed by atoms with E-state index >= 15 is 0 Å². The zero-order valence-corrected chi connectivity index (χ0v) is 14.8. The van der Waals surface area contributed by atoms with Gasteiger partial charge in [0.2, 0.25) is 0 Å². The van der Waals surface area contributed by atoms with Crippen LogP contribution in [0, 0.1) is 11.3 Å². The van der Waals surface area contributed by atoms with E-state index in [1.165, 1.54) is 0 Å². The number of fused-ring (bicyclic) bond motifs is 3. The van der Waals surface area contributed by atoms with Crippen molar-refractivity contribution in [3.05, 3.63) is 34.9 Å². The van der Waals surface area contributed by atoms with E-state index in [0.29, 0.717) is 18.4 Å². The summed E-state index contributed by atoms with van der Waals surface area (Å²) >= 11 is 0. The Balaban J connectivity index is 2.08. The Bertz CT molecular complexity index is 666. The fraction of sp³-hybridized carbons (Fsp3) is 0.650. The van der Waals surface area contributed by atoms with Gasteiger partial charge in [0.15, 0.2) is 0 Å². The van der Waals surface area contributed by atoms with Crippen molar-refractivity contribution in [2.24, 2.45) is 11.3 Å². The summed E-state index contributed by atoms with van der Waals surface area (Å²) in [5.41, 5.74) is 1.12. The van der Waals surface area contributed by atoms with E-state index < -0.39 is 5.60 Å². The van der Waals surface area contributed by atoms with Gasteiger partial charge >= 0.3 is 0 Å². The van der Waals surface area contributed by atoms with Crippen molar-refractivity contribution in [1.29, 1.82) is 0 Å². The van der Waals surface area contributed by atoms with Crippen LogP contribution >= 0.6 is 0 Å². The first-order valence-electron chi connectivity index (χ1n) is 8.76. The van der Waals surface area contributed by atoms with Gasteiger partial charge in [0, 0.05) is 30.3 Å². The lowest BCUT2D eigenvalue weighted by atomic mass is 9.49. The number of Topliss-reactive ketones (excluding diaryl/α,β-unsaturated/α-hetero) is 1. The molecule has 3 rings (SSSR count). The van der Waals surface area contributed by atoms with Gasteiger partial charge in [-0.1, -0.05) is 32.0 Å². The van der Waals surface area contributed by atoms with E-state index in [2.05, 4.69) is 6.92 Å². The van der Waals surface area contributed by atoms with Gasteiger partial charge in [-0.15, -0.1) is 0 Å². The van der Waals surface area contributed by atoms with Gasteiger partial charge in [-0.05, 0) is 42.4 Å². The van der Waals surface area contributed by atoms with Crippen LogP contribution in [0.5, 0.6) is 0 Å².